The molecule has 7 nitrogen and oxygen atoms in total. The first-order valence-corrected chi connectivity index (χ1v) is 8.50. The molecule has 8 heteroatoms. The van der Waals surface area contributed by atoms with Crippen LogP contribution in [0, 0.1) is 0 Å². The molecule has 4 aromatic rings. The highest BCUT2D eigenvalue weighted by atomic mass is 79.9. The van der Waals surface area contributed by atoms with Crippen molar-refractivity contribution in [3.63, 3.8) is 0 Å². The number of amides is 1. The van der Waals surface area contributed by atoms with Crippen molar-refractivity contribution in [3.05, 3.63) is 74.7 Å². The molecule has 2 aromatic carbocycles. The summed E-state index contributed by atoms with van der Waals surface area (Å²) in [6, 6.07) is 12.6. The predicted octanol–water partition coefficient (Wildman–Crippen LogP) is 2.93. The third kappa shape index (κ3) is 2.91. The van der Waals surface area contributed by atoms with Crippen LogP contribution in [0.4, 0.5) is 0 Å². The Balaban J connectivity index is 1.61. The molecule has 1 amide bonds. The highest BCUT2D eigenvalue weighted by molar-refractivity contribution is 9.10. The Hall–Kier alpha value is -3.26. The fraction of sp³-hybridized carbons (Fsp3) is 0. The van der Waals surface area contributed by atoms with E-state index in [1.807, 2.05) is 18.2 Å². The number of aromatic nitrogens is 3. The largest absolute Gasteiger partial charge is 0.361 e. The third-order valence-corrected chi connectivity index (χ3v) is 4.45. The van der Waals surface area contributed by atoms with Crippen LogP contribution in [0.3, 0.4) is 0 Å². The monoisotopic (exact) mass is 409 g/mol. The van der Waals surface area contributed by atoms with E-state index in [-0.39, 0.29) is 11.3 Å². The van der Waals surface area contributed by atoms with Gasteiger partial charge in [-0.1, -0.05) is 34.1 Å². The maximum Gasteiger partial charge on any atom is 0.292 e. The summed E-state index contributed by atoms with van der Waals surface area (Å²) in [5.74, 6) is -0.505. The van der Waals surface area contributed by atoms with Gasteiger partial charge in [-0.3, -0.25) is 9.59 Å². The maximum atomic E-state index is 12.4. The lowest BCUT2D eigenvalue weighted by molar-refractivity contribution is 0.0951. The smallest absolute Gasteiger partial charge is 0.292 e. The molecule has 26 heavy (non-hydrogen) atoms. The number of carbonyl (C=O) groups is 1. The quantitative estimate of drug-likeness (QED) is 0.357. The molecule has 128 valence electrons. The first-order valence-electron chi connectivity index (χ1n) is 7.71. The van der Waals surface area contributed by atoms with Crippen LogP contribution in [0.2, 0.25) is 0 Å². The zero-order valence-corrected chi connectivity index (χ0v) is 14.9. The molecular formula is C18H12BrN5O2. The van der Waals surface area contributed by atoms with E-state index in [1.54, 1.807) is 36.7 Å². The van der Waals surface area contributed by atoms with Crippen molar-refractivity contribution < 1.29 is 4.79 Å². The van der Waals surface area contributed by atoms with Crippen LogP contribution in [0.25, 0.3) is 21.7 Å². The summed E-state index contributed by atoms with van der Waals surface area (Å²) in [5, 5.41) is 12.0. The first-order chi connectivity index (χ1) is 12.6. The minimum Gasteiger partial charge on any atom is -0.361 e. The van der Waals surface area contributed by atoms with Gasteiger partial charge in [-0.15, -0.1) is 0 Å². The van der Waals surface area contributed by atoms with E-state index < -0.39 is 5.91 Å². The number of nitrogens with one attached hydrogen (secondary N) is 3. The number of aromatic amines is 2. The minimum absolute atomic E-state index is 0.110. The topological polar surface area (TPSA) is 103 Å². The van der Waals surface area contributed by atoms with Gasteiger partial charge in [0.25, 0.3) is 11.5 Å². The highest BCUT2D eigenvalue weighted by Gasteiger charge is 2.13. The molecule has 0 spiro atoms. The fourth-order valence-electron chi connectivity index (χ4n) is 2.72. The van der Waals surface area contributed by atoms with E-state index >= 15 is 0 Å². The van der Waals surface area contributed by atoms with Gasteiger partial charge >= 0.3 is 0 Å². The number of rotatable bonds is 3. The van der Waals surface area contributed by atoms with E-state index in [4.69, 9.17) is 0 Å². The molecule has 4 rings (SSSR count). The maximum absolute atomic E-state index is 12.4. The molecule has 2 heterocycles. The Morgan fingerprint density at radius 1 is 1.15 bits per heavy atom. The normalized spacial score (nSPS) is 11.4. The molecule has 0 aliphatic heterocycles. The zero-order valence-electron chi connectivity index (χ0n) is 13.3. The van der Waals surface area contributed by atoms with Crippen LogP contribution in [0.15, 0.2) is 63.0 Å². The molecular weight excluding hydrogens is 398 g/mol. The second-order valence-corrected chi connectivity index (χ2v) is 6.50. The Kier molecular flexibility index (Phi) is 4.10. The van der Waals surface area contributed by atoms with Gasteiger partial charge < -0.3 is 4.98 Å². The summed E-state index contributed by atoms with van der Waals surface area (Å²) in [5.41, 5.74) is 4.02. The lowest BCUT2D eigenvalue weighted by Gasteiger charge is -2.02. The summed E-state index contributed by atoms with van der Waals surface area (Å²) < 4.78 is 0.951. The second-order valence-electron chi connectivity index (χ2n) is 5.58. The van der Waals surface area contributed by atoms with Crippen LogP contribution >= 0.6 is 15.9 Å². The van der Waals surface area contributed by atoms with Gasteiger partial charge in [0.2, 0.25) is 0 Å². The third-order valence-electron chi connectivity index (χ3n) is 3.96. The van der Waals surface area contributed by atoms with Gasteiger partial charge in [-0.05, 0) is 24.3 Å². The molecule has 3 N–H and O–H groups in total. The number of benzene rings is 2. The number of halogens is 1. The van der Waals surface area contributed by atoms with Crippen molar-refractivity contribution >= 4 is 49.7 Å². The SMILES string of the molecule is O=C(N/N=C/c1c[nH]c2ccc(Br)cc12)c1n[nH]c(=O)c2ccccc12. The summed E-state index contributed by atoms with van der Waals surface area (Å²) in [7, 11) is 0. The van der Waals surface area contributed by atoms with Gasteiger partial charge in [-0.25, -0.2) is 10.5 Å². The van der Waals surface area contributed by atoms with Crippen LogP contribution in [0.5, 0.6) is 0 Å². The summed E-state index contributed by atoms with van der Waals surface area (Å²) >= 11 is 3.44. The number of hydrogen-bond donors (Lipinski definition) is 3. The molecule has 0 atom stereocenters. The van der Waals surface area contributed by atoms with Gasteiger partial charge in [0.15, 0.2) is 5.69 Å². The van der Waals surface area contributed by atoms with Crippen molar-refractivity contribution in [1.82, 2.24) is 20.6 Å². The first kappa shape index (κ1) is 16.2. The van der Waals surface area contributed by atoms with Crippen molar-refractivity contribution in [2.75, 3.05) is 0 Å². The van der Waals surface area contributed by atoms with Gasteiger partial charge in [0, 0.05) is 32.5 Å². The highest BCUT2D eigenvalue weighted by Crippen LogP contribution is 2.21. The van der Waals surface area contributed by atoms with Crippen molar-refractivity contribution in [1.29, 1.82) is 0 Å². The molecule has 0 aliphatic carbocycles. The average Bonchev–Trinajstić information content (AvgIpc) is 3.04. The zero-order chi connectivity index (χ0) is 18.1. The van der Waals surface area contributed by atoms with Gasteiger partial charge in [-0.2, -0.15) is 10.2 Å². The summed E-state index contributed by atoms with van der Waals surface area (Å²) in [4.78, 5) is 27.3. The molecule has 0 unspecified atom stereocenters. The number of H-pyrrole nitrogens is 2. The van der Waals surface area contributed by atoms with E-state index in [0.717, 1.165) is 20.9 Å². The number of hydrogen-bond acceptors (Lipinski definition) is 4. The second kappa shape index (κ2) is 6.57. The number of nitrogens with zero attached hydrogens (tertiary/aromatic N) is 2. The van der Waals surface area contributed by atoms with Crippen LogP contribution in [-0.2, 0) is 0 Å². The van der Waals surface area contributed by atoms with E-state index in [2.05, 4.69) is 41.6 Å². The molecule has 0 saturated heterocycles. The Morgan fingerprint density at radius 3 is 2.81 bits per heavy atom. The van der Waals surface area contributed by atoms with Crippen LogP contribution in [-0.4, -0.2) is 27.3 Å². The molecule has 0 saturated carbocycles. The molecule has 0 aliphatic rings. The van der Waals surface area contributed by atoms with Crippen LogP contribution < -0.4 is 11.0 Å². The van der Waals surface area contributed by atoms with E-state index in [1.165, 1.54) is 0 Å². The van der Waals surface area contributed by atoms with Crippen LogP contribution in [0.1, 0.15) is 16.1 Å². The molecule has 0 radical (unpaired) electrons. The molecule has 2 aromatic heterocycles. The lowest BCUT2D eigenvalue weighted by Crippen LogP contribution is -2.22. The van der Waals surface area contributed by atoms with Gasteiger partial charge in [0.1, 0.15) is 0 Å². The van der Waals surface area contributed by atoms with E-state index in [0.29, 0.717) is 10.8 Å². The molecule has 0 bridgehead atoms. The summed E-state index contributed by atoms with van der Waals surface area (Å²) in [6.45, 7) is 0. The average molecular weight is 410 g/mol. The summed E-state index contributed by atoms with van der Waals surface area (Å²) in [6.07, 6.45) is 3.36. The van der Waals surface area contributed by atoms with Crippen molar-refractivity contribution in [3.8, 4) is 0 Å². The minimum atomic E-state index is -0.505. The fourth-order valence-corrected chi connectivity index (χ4v) is 3.08. The van der Waals surface area contributed by atoms with Gasteiger partial charge in [0.05, 0.1) is 11.6 Å². The Morgan fingerprint density at radius 2 is 1.96 bits per heavy atom. The van der Waals surface area contributed by atoms with E-state index in [9.17, 15) is 9.59 Å². The molecule has 0 fully saturated rings. The Bertz CT molecular complexity index is 1230. The van der Waals surface area contributed by atoms with Crippen molar-refractivity contribution in [2.45, 2.75) is 0 Å². The lowest BCUT2D eigenvalue weighted by atomic mass is 10.1. The number of hydrazone groups is 1. The Labute approximate surface area is 155 Å². The number of carbonyl (C=O) groups excluding carboxylic acids is 1. The van der Waals surface area contributed by atoms with Crippen molar-refractivity contribution in [2.24, 2.45) is 5.10 Å². The predicted molar refractivity (Wildman–Crippen MR) is 103 cm³/mol. The standard InChI is InChI=1S/C18H12BrN5O2/c19-11-5-6-15-14(7-11)10(8-20-15)9-21-23-18(26)16-12-3-1-2-4-13(12)17(25)24-22-16/h1-9,20H,(H,23,26)(H,24,25)/b21-9+. The number of fused-ring (bicyclic) bond motifs is 2.